The second-order valence-corrected chi connectivity index (χ2v) is 6.17. The Morgan fingerprint density at radius 1 is 1.24 bits per heavy atom. The minimum absolute atomic E-state index is 0.0730. The Morgan fingerprint density at radius 3 is 2.80 bits per heavy atom. The molecule has 1 aromatic carbocycles. The second kappa shape index (κ2) is 7.96. The van der Waals surface area contributed by atoms with Gasteiger partial charge in [0.15, 0.2) is 0 Å². The molecule has 132 valence electrons. The van der Waals surface area contributed by atoms with E-state index in [0.29, 0.717) is 18.7 Å². The van der Waals surface area contributed by atoms with Gasteiger partial charge in [-0.1, -0.05) is 18.2 Å². The summed E-state index contributed by atoms with van der Waals surface area (Å²) in [7, 11) is 0. The Bertz CT molecular complexity index is 727. The molecule has 0 radical (unpaired) electrons. The van der Waals surface area contributed by atoms with Gasteiger partial charge >= 0.3 is 5.97 Å². The summed E-state index contributed by atoms with van der Waals surface area (Å²) in [5, 5.41) is 4.30. The van der Waals surface area contributed by atoms with Crippen molar-refractivity contribution in [1.82, 2.24) is 14.7 Å². The number of piperidine rings is 1. The zero-order chi connectivity index (χ0) is 17.6. The van der Waals surface area contributed by atoms with Gasteiger partial charge in [-0.2, -0.15) is 5.10 Å². The molecule has 0 unspecified atom stereocenters. The summed E-state index contributed by atoms with van der Waals surface area (Å²) in [4.78, 5) is 26.5. The Kier molecular flexibility index (Phi) is 5.48. The lowest BCUT2D eigenvalue weighted by molar-refractivity contribution is -0.144. The van der Waals surface area contributed by atoms with Crippen LogP contribution in [0.4, 0.5) is 0 Å². The summed E-state index contributed by atoms with van der Waals surface area (Å²) in [6, 6.07) is 9.57. The fraction of sp³-hybridized carbons (Fsp3) is 0.421. The summed E-state index contributed by atoms with van der Waals surface area (Å²) >= 11 is 0. The fourth-order valence-corrected chi connectivity index (χ4v) is 3.21. The van der Waals surface area contributed by atoms with E-state index in [1.165, 1.54) is 0 Å². The van der Waals surface area contributed by atoms with Crippen LogP contribution in [0.5, 0.6) is 0 Å². The lowest BCUT2D eigenvalue weighted by Crippen LogP contribution is -2.44. The number of carbonyl (C=O) groups is 2. The topological polar surface area (TPSA) is 64.4 Å². The summed E-state index contributed by atoms with van der Waals surface area (Å²) in [6.45, 7) is 2.82. The highest BCUT2D eigenvalue weighted by Crippen LogP contribution is 2.22. The first kappa shape index (κ1) is 17.2. The highest BCUT2D eigenvalue weighted by atomic mass is 16.5. The Balaban J connectivity index is 1.74. The summed E-state index contributed by atoms with van der Waals surface area (Å²) in [5.74, 6) is -0.316. The summed E-state index contributed by atoms with van der Waals surface area (Å²) in [5.41, 5.74) is 1.45. The van der Waals surface area contributed by atoms with Crippen LogP contribution >= 0.6 is 0 Å². The van der Waals surface area contributed by atoms with Gasteiger partial charge in [-0.05, 0) is 38.3 Å². The number of para-hydroxylation sites is 1. The van der Waals surface area contributed by atoms with E-state index in [1.807, 2.05) is 30.3 Å². The van der Waals surface area contributed by atoms with Crippen LogP contribution in [0.1, 0.15) is 43.0 Å². The number of esters is 1. The van der Waals surface area contributed by atoms with Gasteiger partial charge < -0.3 is 9.64 Å². The number of hydrogen-bond acceptors (Lipinski definition) is 4. The lowest BCUT2D eigenvalue weighted by atomic mass is 9.98. The van der Waals surface area contributed by atoms with Crippen molar-refractivity contribution in [2.45, 2.75) is 38.6 Å². The van der Waals surface area contributed by atoms with Crippen LogP contribution in [-0.2, 0) is 9.53 Å². The van der Waals surface area contributed by atoms with Gasteiger partial charge in [-0.3, -0.25) is 9.59 Å². The molecule has 1 saturated heterocycles. The largest absolute Gasteiger partial charge is 0.466 e. The van der Waals surface area contributed by atoms with Gasteiger partial charge in [0.25, 0.3) is 5.91 Å². The molecule has 1 amide bonds. The molecule has 2 heterocycles. The number of nitrogens with zero attached hydrogens (tertiary/aromatic N) is 3. The third kappa shape index (κ3) is 4.07. The van der Waals surface area contributed by atoms with Gasteiger partial charge in [0, 0.05) is 18.8 Å². The third-order valence-electron chi connectivity index (χ3n) is 4.45. The zero-order valence-electron chi connectivity index (χ0n) is 14.4. The maximum Gasteiger partial charge on any atom is 0.307 e. The zero-order valence-corrected chi connectivity index (χ0v) is 14.4. The predicted molar refractivity (Wildman–Crippen MR) is 93.5 cm³/mol. The van der Waals surface area contributed by atoms with E-state index in [-0.39, 0.29) is 24.3 Å². The van der Waals surface area contributed by atoms with Crippen molar-refractivity contribution in [3.05, 3.63) is 48.3 Å². The minimum atomic E-state index is -0.243. The standard InChI is InChI=1S/C19H23N3O3/c1-2-25-18(23)12-17-10-6-7-11-21(17)19(24)15-13-20-22(14-15)16-8-4-3-5-9-16/h3-5,8-9,13-14,17H,2,6-7,10-12H2,1H3/t17-/m0/s1. The first-order valence-corrected chi connectivity index (χ1v) is 8.75. The van der Waals surface area contributed by atoms with E-state index in [4.69, 9.17) is 4.74 Å². The molecule has 0 spiro atoms. The molecule has 0 saturated carbocycles. The molecule has 6 nitrogen and oxygen atoms in total. The van der Waals surface area contributed by atoms with E-state index in [1.54, 1.807) is 28.9 Å². The molecule has 3 rings (SSSR count). The molecule has 1 fully saturated rings. The van der Waals surface area contributed by atoms with Crippen LogP contribution in [-0.4, -0.2) is 45.8 Å². The van der Waals surface area contributed by atoms with Crippen molar-refractivity contribution >= 4 is 11.9 Å². The quantitative estimate of drug-likeness (QED) is 0.785. The summed E-state index contributed by atoms with van der Waals surface area (Å²) in [6.07, 6.45) is 6.40. The minimum Gasteiger partial charge on any atom is -0.466 e. The van der Waals surface area contributed by atoms with Crippen molar-refractivity contribution in [3.8, 4) is 5.69 Å². The third-order valence-corrected chi connectivity index (χ3v) is 4.45. The number of amides is 1. The smallest absolute Gasteiger partial charge is 0.307 e. The molecule has 0 aliphatic carbocycles. The molecule has 6 heteroatoms. The first-order valence-electron chi connectivity index (χ1n) is 8.75. The van der Waals surface area contributed by atoms with Gasteiger partial charge in [-0.25, -0.2) is 4.68 Å². The molecule has 1 aliphatic rings. The van der Waals surface area contributed by atoms with E-state index in [2.05, 4.69) is 5.10 Å². The molecular weight excluding hydrogens is 318 g/mol. The van der Waals surface area contributed by atoms with Crippen molar-refractivity contribution in [2.24, 2.45) is 0 Å². The van der Waals surface area contributed by atoms with Crippen LogP contribution < -0.4 is 0 Å². The number of benzene rings is 1. The molecule has 25 heavy (non-hydrogen) atoms. The lowest BCUT2D eigenvalue weighted by Gasteiger charge is -2.35. The first-order chi connectivity index (χ1) is 12.2. The van der Waals surface area contributed by atoms with Gasteiger partial charge in [0.05, 0.1) is 30.5 Å². The normalized spacial score (nSPS) is 17.3. The van der Waals surface area contributed by atoms with Crippen molar-refractivity contribution < 1.29 is 14.3 Å². The Hall–Kier alpha value is -2.63. The number of likely N-dealkylation sites (tertiary alicyclic amines) is 1. The van der Waals surface area contributed by atoms with Gasteiger partial charge in [0.1, 0.15) is 0 Å². The number of hydrogen-bond donors (Lipinski definition) is 0. The number of carbonyl (C=O) groups excluding carboxylic acids is 2. The molecule has 1 atom stereocenters. The van der Waals surface area contributed by atoms with E-state index >= 15 is 0 Å². The van der Waals surface area contributed by atoms with Gasteiger partial charge in [0.2, 0.25) is 0 Å². The molecule has 0 N–H and O–H groups in total. The number of aromatic nitrogens is 2. The monoisotopic (exact) mass is 341 g/mol. The van der Waals surface area contributed by atoms with Gasteiger partial charge in [-0.15, -0.1) is 0 Å². The molecule has 2 aromatic rings. The maximum atomic E-state index is 12.9. The molecule has 1 aliphatic heterocycles. The number of rotatable bonds is 5. The average Bonchev–Trinajstić information content (AvgIpc) is 3.13. The van der Waals surface area contributed by atoms with Crippen LogP contribution in [0.2, 0.25) is 0 Å². The maximum absolute atomic E-state index is 12.9. The molecule has 1 aromatic heterocycles. The van der Waals surface area contributed by atoms with E-state index < -0.39 is 0 Å². The van der Waals surface area contributed by atoms with E-state index in [9.17, 15) is 9.59 Å². The SMILES string of the molecule is CCOC(=O)C[C@@H]1CCCCN1C(=O)c1cnn(-c2ccccc2)c1. The van der Waals surface area contributed by atoms with E-state index in [0.717, 1.165) is 24.9 Å². The molecular formula is C19H23N3O3. The summed E-state index contributed by atoms with van der Waals surface area (Å²) < 4.78 is 6.74. The van der Waals surface area contributed by atoms with Crippen molar-refractivity contribution in [2.75, 3.05) is 13.2 Å². The fourth-order valence-electron chi connectivity index (χ4n) is 3.21. The highest BCUT2D eigenvalue weighted by molar-refractivity contribution is 5.94. The van der Waals surface area contributed by atoms with Crippen LogP contribution in [0, 0.1) is 0 Å². The average molecular weight is 341 g/mol. The van der Waals surface area contributed by atoms with Crippen molar-refractivity contribution in [1.29, 1.82) is 0 Å². The highest BCUT2D eigenvalue weighted by Gasteiger charge is 2.30. The Morgan fingerprint density at radius 2 is 2.04 bits per heavy atom. The van der Waals surface area contributed by atoms with Crippen LogP contribution in [0.15, 0.2) is 42.7 Å². The molecule has 0 bridgehead atoms. The second-order valence-electron chi connectivity index (χ2n) is 6.17. The van der Waals surface area contributed by atoms with Crippen molar-refractivity contribution in [3.63, 3.8) is 0 Å². The number of ether oxygens (including phenoxy) is 1. The predicted octanol–water partition coefficient (Wildman–Crippen LogP) is 2.82. The Labute approximate surface area is 147 Å². The van der Waals surface area contributed by atoms with Crippen LogP contribution in [0.3, 0.4) is 0 Å². The van der Waals surface area contributed by atoms with Crippen LogP contribution in [0.25, 0.3) is 5.69 Å².